The first kappa shape index (κ1) is 89.7. The number of aliphatic hydroxyl groups excluding tert-OH is 4. The summed E-state index contributed by atoms with van der Waals surface area (Å²) in [4.78, 5) is 173. The predicted octanol–water partition coefficient (Wildman–Crippen LogP) is -1.85. The van der Waals surface area contributed by atoms with Gasteiger partial charge in [0.05, 0.1) is 39.1 Å². The van der Waals surface area contributed by atoms with Crippen molar-refractivity contribution in [2.75, 3.05) is 75.6 Å². The molecule has 0 aromatic carbocycles. The van der Waals surface area contributed by atoms with Crippen molar-refractivity contribution in [3.05, 3.63) is 25.3 Å². The number of anilines is 2. The number of amides is 4. The van der Waals surface area contributed by atoms with Crippen LogP contribution in [-0.2, 0) is 101 Å². The van der Waals surface area contributed by atoms with Gasteiger partial charge in [-0.2, -0.15) is 8.62 Å². The van der Waals surface area contributed by atoms with Crippen molar-refractivity contribution >= 4 is 138 Å². The lowest BCUT2D eigenvalue weighted by Gasteiger charge is -2.30. The van der Waals surface area contributed by atoms with Gasteiger partial charge >= 0.3 is 46.9 Å². The van der Waals surface area contributed by atoms with E-state index < -0.39 is 169 Å². The van der Waals surface area contributed by atoms with Crippen molar-refractivity contribution < 1.29 is 161 Å². The van der Waals surface area contributed by atoms with Gasteiger partial charge in [-0.3, -0.25) is 65.0 Å². The van der Waals surface area contributed by atoms with Crippen LogP contribution in [-0.4, -0.2) is 245 Å². The molecule has 0 aliphatic carbocycles. The molecular formula is C48H80N14O34P6S2. The molecule has 4 aromatic rings. The zero-order chi connectivity index (χ0) is 78.1. The Bertz CT molecular complexity index is 3700. The Labute approximate surface area is 597 Å². The van der Waals surface area contributed by atoms with Crippen LogP contribution in [0.15, 0.2) is 25.3 Å². The lowest BCUT2D eigenvalue weighted by molar-refractivity contribution is -0.137. The van der Waals surface area contributed by atoms with E-state index >= 15 is 0 Å². The number of nitrogen functional groups attached to an aromatic ring is 2. The van der Waals surface area contributed by atoms with Gasteiger partial charge in [-0.1, -0.05) is 65.1 Å². The number of thioether (sulfide) groups is 2. The third-order valence-corrected chi connectivity index (χ3v) is 22.3. The van der Waals surface area contributed by atoms with Crippen LogP contribution in [0.4, 0.5) is 11.6 Å². The number of imidazole rings is 2. The number of rotatable bonds is 40. The second-order valence-corrected chi connectivity index (χ2v) is 34.1. The summed E-state index contributed by atoms with van der Waals surface area (Å²) in [5.74, 6) is -2.13. The number of hydrogen-bond donors (Lipinski definition) is 18. The first-order chi connectivity index (χ1) is 48.1. The number of aliphatic hydroxyl groups is 4. The van der Waals surface area contributed by atoms with E-state index in [1.54, 1.807) is 13.8 Å². The van der Waals surface area contributed by atoms with Crippen molar-refractivity contribution in [1.82, 2.24) is 60.3 Å². The average molecular weight is 1650 g/mol. The van der Waals surface area contributed by atoms with Gasteiger partial charge in [-0.05, 0) is 0 Å². The maximum Gasteiger partial charge on any atom is 0.481 e. The van der Waals surface area contributed by atoms with Crippen molar-refractivity contribution in [1.29, 1.82) is 0 Å². The molecule has 14 atom stereocenters. The second-order valence-electron chi connectivity index (χ2n) is 23.3. The number of nitrogens with one attached hydrogen (secondary N) is 4. The van der Waals surface area contributed by atoms with Crippen LogP contribution in [0.1, 0.15) is 79.7 Å². The van der Waals surface area contributed by atoms with Crippen molar-refractivity contribution in [2.45, 2.75) is 129 Å². The Morgan fingerprint density at radius 3 is 1.20 bits per heavy atom. The third kappa shape index (κ3) is 28.0. The molecule has 56 heteroatoms. The van der Waals surface area contributed by atoms with E-state index in [0.717, 1.165) is 58.0 Å². The lowest BCUT2D eigenvalue weighted by Crippen LogP contribution is -2.46. The van der Waals surface area contributed by atoms with Crippen molar-refractivity contribution in [3.8, 4) is 0 Å². The summed E-state index contributed by atoms with van der Waals surface area (Å²) >= 11 is 2.14. The molecule has 0 radical (unpaired) electrons. The summed E-state index contributed by atoms with van der Waals surface area (Å²) in [6.45, 7) is 4.48. The molecule has 20 N–H and O–H groups in total. The van der Waals surface area contributed by atoms with Gasteiger partial charge in [0.1, 0.15) is 72.5 Å². The largest absolute Gasteiger partial charge is 0.481 e. The minimum Gasteiger partial charge on any atom is -0.386 e. The number of aromatic nitrogens is 8. The van der Waals surface area contributed by atoms with Crippen LogP contribution in [0.25, 0.3) is 22.3 Å². The first-order valence-electron chi connectivity index (χ1n) is 30.2. The van der Waals surface area contributed by atoms with Gasteiger partial charge < -0.3 is 102 Å². The molecule has 588 valence electrons. The minimum absolute atomic E-state index is 0.0221. The standard InChI is InChI=1S/2C24H40N7O17P3S/c2*1-4-15(33)52-8-7-26-14(32)5-6-27-22(36)19(35)24(2,3)10-45-51(42,43)48-50(40,41)44-9-13-18(47-49(37,38)39)17(34)23(46-13)31-12-30-16-20(25)28-11-29-21(16)31/h2*11-13,17-19,23,34-35H,4-10H2,1-3H3,(H,26,32)(H,27,36)(H,40,41)(H,42,43)(H2,25,28,29)(H2,37,38,39)/t2*13-,17-,18-,19?,23-/m11/s1. The Morgan fingerprint density at radius 2 is 0.875 bits per heavy atom. The number of phosphoric acid groups is 6. The normalized spacial score (nSPS) is 22.4. The molecule has 2 aliphatic heterocycles. The van der Waals surface area contributed by atoms with E-state index in [0.29, 0.717) is 24.3 Å². The maximum atomic E-state index is 12.6. The zero-order valence-electron chi connectivity index (χ0n) is 55.6. The number of ether oxygens (including phenoxy) is 2. The molecule has 6 unspecified atom stereocenters. The summed E-state index contributed by atoms with van der Waals surface area (Å²) in [7, 11) is -32.7. The zero-order valence-corrected chi connectivity index (χ0v) is 62.6. The molecule has 48 nitrogen and oxygen atoms in total. The number of phosphoric ester groups is 6. The molecule has 2 fully saturated rings. The smallest absolute Gasteiger partial charge is 0.386 e. The molecule has 0 spiro atoms. The van der Waals surface area contributed by atoms with Crippen LogP contribution < -0.4 is 32.7 Å². The lowest BCUT2D eigenvalue weighted by atomic mass is 9.87. The van der Waals surface area contributed by atoms with E-state index in [-0.39, 0.29) is 83.2 Å². The highest BCUT2D eigenvalue weighted by molar-refractivity contribution is 8.13. The summed E-state index contributed by atoms with van der Waals surface area (Å²) < 4.78 is 124. The highest BCUT2D eigenvalue weighted by Crippen LogP contribution is 2.63. The molecule has 0 saturated carbocycles. The Balaban J connectivity index is 0.000000374. The summed E-state index contributed by atoms with van der Waals surface area (Å²) in [5, 5.41) is 52.4. The molecule has 4 aromatic heterocycles. The molecule has 4 amide bonds. The summed E-state index contributed by atoms with van der Waals surface area (Å²) in [6, 6.07) is 0. The first-order valence-corrected chi connectivity index (χ1v) is 41.2. The van der Waals surface area contributed by atoms with E-state index in [4.69, 9.17) is 39.0 Å². The average Bonchev–Trinajstić information content (AvgIpc) is 1.62. The number of carbonyl (C=O) groups is 6. The Morgan fingerprint density at radius 1 is 0.538 bits per heavy atom. The van der Waals surface area contributed by atoms with Crippen molar-refractivity contribution in [3.63, 3.8) is 0 Å². The van der Waals surface area contributed by atoms with Crippen LogP contribution in [0.3, 0.4) is 0 Å². The van der Waals surface area contributed by atoms with Crippen LogP contribution in [0, 0.1) is 10.8 Å². The second kappa shape index (κ2) is 38.5. The van der Waals surface area contributed by atoms with Crippen LogP contribution in [0.2, 0.25) is 0 Å². The van der Waals surface area contributed by atoms with Crippen molar-refractivity contribution in [2.24, 2.45) is 10.8 Å². The molecule has 104 heavy (non-hydrogen) atoms. The fourth-order valence-corrected chi connectivity index (χ4v) is 15.7. The van der Waals surface area contributed by atoms with Gasteiger partial charge in [0.25, 0.3) is 0 Å². The summed E-state index contributed by atoms with van der Waals surface area (Å²) in [6.07, 6.45) is -13.0. The third-order valence-electron chi connectivity index (χ3n) is 14.1. The topological polar surface area (TPSA) is 727 Å². The molecule has 2 aliphatic rings. The fraction of sp³-hybridized carbons (Fsp3) is 0.667. The van der Waals surface area contributed by atoms with Gasteiger partial charge in [0.15, 0.2) is 45.6 Å². The number of nitrogens with two attached hydrogens (primary N) is 2. The molecule has 2 saturated heterocycles. The number of hydrogen-bond acceptors (Lipinski definition) is 36. The van der Waals surface area contributed by atoms with Gasteiger partial charge in [0, 0.05) is 74.2 Å². The van der Waals surface area contributed by atoms with E-state index in [1.165, 1.54) is 27.7 Å². The highest BCUT2D eigenvalue weighted by Gasteiger charge is 2.52. The van der Waals surface area contributed by atoms with Gasteiger partial charge in [-0.15, -0.1) is 0 Å². The number of nitrogens with zero attached hydrogens (tertiary/aromatic N) is 8. The van der Waals surface area contributed by atoms with Gasteiger partial charge in [-0.25, -0.2) is 57.3 Å². The maximum absolute atomic E-state index is 12.6. The monoisotopic (exact) mass is 1650 g/mol. The van der Waals surface area contributed by atoms with Crippen LogP contribution in [0.5, 0.6) is 0 Å². The molecule has 0 bridgehead atoms. The number of fused-ring (bicyclic) bond motifs is 2. The molecular weight excluding hydrogens is 1570 g/mol. The molecule has 6 heterocycles. The predicted molar refractivity (Wildman–Crippen MR) is 355 cm³/mol. The quantitative estimate of drug-likeness (QED) is 0.0172. The SMILES string of the molecule is CCC(=O)SCCNC(=O)CCNC(=O)C(O)C(C)(C)COP(=O)(O)OP(=O)(O)OC[C@H]1O[C@@H](n2cnc3c(N)ncnc32)[C@H](O)[C@@H]1OP(=O)(O)O.CCC(=O)SCCNC(=O)CCNC(=O)C(O)C(C)(C)COP(=O)(O)OP(=O)(O)OC[C@H]1O[C@@H](n2cnc3c(N)ncnc32)[C@H](O)[C@@H]1OP(=O)(O)O. The van der Waals surface area contributed by atoms with E-state index in [1.807, 2.05) is 0 Å². The molecule has 6 rings (SSSR count). The highest BCUT2D eigenvalue weighted by atomic mass is 32.2. The minimum atomic E-state index is -5.56. The number of carbonyl (C=O) groups excluding carboxylic acids is 6. The summed E-state index contributed by atoms with van der Waals surface area (Å²) in [5.41, 5.74) is 8.53. The van der Waals surface area contributed by atoms with E-state index in [2.05, 4.69) is 68.8 Å². The fourth-order valence-electron chi connectivity index (χ4n) is 8.79. The van der Waals surface area contributed by atoms with Gasteiger partial charge in [0.2, 0.25) is 23.6 Å². The Kier molecular flexibility index (Phi) is 33.2. The Hall–Kier alpha value is -4.88. The van der Waals surface area contributed by atoms with E-state index in [9.17, 15) is 116 Å². The van der Waals surface area contributed by atoms with Crippen LogP contribution >= 0.6 is 70.5 Å².